The number of ether oxygens (including phenoxy) is 4. The highest BCUT2D eigenvalue weighted by Gasteiger charge is 2.40. The lowest BCUT2D eigenvalue weighted by Crippen LogP contribution is -2.37. The minimum atomic E-state index is -4.61. The van der Waals surface area contributed by atoms with Crippen LogP contribution in [0.25, 0.3) is 0 Å². The van der Waals surface area contributed by atoms with Gasteiger partial charge in [0.1, 0.15) is 28.2 Å². The van der Waals surface area contributed by atoms with Crippen molar-refractivity contribution in [3.8, 4) is 6.07 Å². The van der Waals surface area contributed by atoms with E-state index in [4.69, 9.17) is 40.9 Å². The Morgan fingerprint density at radius 3 is 1.14 bits per heavy atom. The molecule has 0 radical (unpaired) electrons. The average Bonchev–Trinajstić information content (AvgIpc) is 3.85. The van der Waals surface area contributed by atoms with E-state index in [1.54, 1.807) is 20.8 Å². The quantitative estimate of drug-likeness (QED) is 0.0356. The van der Waals surface area contributed by atoms with Gasteiger partial charge >= 0.3 is 36.4 Å². The first-order valence-electron chi connectivity index (χ1n) is 27.5. The molecule has 1 aromatic heterocycles. The summed E-state index contributed by atoms with van der Waals surface area (Å²) in [6, 6.07) is 2.31. The number of carbonyl (C=O) groups is 5. The molecule has 1 aromatic rings. The zero-order valence-electron chi connectivity index (χ0n) is 48.4. The number of nitriles is 1. The highest BCUT2D eigenvalue weighted by Crippen LogP contribution is 2.36. The minimum Gasteiger partial charge on any atom is -0.444 e. The number of amides is 5. The minimum absolute atomic E-state index is 0.0165. The van der Waals surface area contributed by atoms with Crippen molar-refractivity contribution in [2.24, 2.45) is 58.0 Å². The number of nitrogens with zero attached hydrogens (tertiary/aromatic N) is 4. The fourth-order valence-corrected chi connectivity index (χ4v) is 9.20. The molecule has 446 valence electrons. The molecule has 24 heteroatoms. The summed E-state index contributed by atoms with van der Waals surface area (Å²) in [5, 5.41) is 35.0. The van der Waals surface area contributed by atoms with E-state index in [9.17, 15) is 37.1 Å². The fourth-order valence-electron chi connectivity index (χ4n) is 9.20. The summed E-state index contributed by atoms with van der Waals surface area (Å²) in [5.41, 5.74) is 8.95. The number of alkyl carbamates (subject to hydrolysis) is 4. The van der Waals surface area contributed by atoms with Crippen molar-refractivity contribution in [1.29, 1.82) is 5.26 Å². The molecule has 78 heavy (non-hydrogen) atoms. The molecule has 9 N–H and O–H groups in total. The van der Waals surface area contributed by atoms with Crippen molar-refractivity contribution in [2.45, 2.75) is 220 Å². The van der Waals surface area contributed by atoms with Crippen LogP contribution in [0.2, 0.25) is 0 Å². The predicted octanol–water partition coefficient (Wildman–Crippen LogP) is 10.6. The number of nitrogens with two attached hydrogens (primary N) is 2. The van der Waals surface area contributed by atoms with Crippen LogP contribution < -0.4 is 32.7 Å². The topological polar surface area (TPSA) is 318 Å². The largest absolute Gasteiger partial charge is 0.471 e. The van der Waals surface area contributed by atoms with E-state index in [1.165, 1.54) is 0 Å². The third kappa shape index (κ3) is 30.4. The molecule has 0 saturated heterocycles. The zero-order chi connectivity index (χ0) is 59.1. The van der Waals surface area contributed by atoms with Gasteiger partial charge in [-0.2, -0.15) is 23.4 Å². The number of amidine groups is 1. The van der Waals surface area contributed by atoms with Gasteiger partial charge in [-0.1, -0.05) is 10.3 Å². The van der Waals surface area contributed by atoms with E-state index in [2.05, 4.69) is 47.2 Å². The summed E-state index contributed by atoms with van der Waals surface area (Å²) < 4.78 is 62.4. The summed E-state index contributed by atoms with van der Waals surface area (Å²) in [6.07, 6.45) is 7.93. The summed E-state index contributed by atoms with van der Waals surface area (Å²) in [5.74, 6) is 0.818. The predicted molar refractivity (Wildman–Crippen MR) is 286 cm³/mol. The number of hydrogen-bond acceptors (Lipinski definition) is 15. The molecule has 21 nitrogen and oxygen atoms in total. The van der Waals surface area contributed by atoms with Gasteiger partial charge in [0, 0.05) is 49.9 Å². The van der Waals surface area contributed by atoms with Gasteiger partial charge in [0.05, 0.1) is 6.07 Å². The SMILES string of the molecule is CC(C)(C)OC(=O)NCC1CCC(/C(N)=N/O)CC1.CC(C)(C)OC(=O)NCC1CCC(C#N)CC1.CC(C)(C)OC(=O)NCC1CCC(C(N)=O)CC1.CC(C)(C)OC(=O)NCC1CCC(c2noc(C(F)(F)F)n2)CC1. The van der Waals surface area contributed by atoms with E-state index < -0.39 is 40.6 Å². The van der Waals surface area contributed by atoms with Crippen LogP contribution in [0.4, 0.5) is 32.3 Å². The molecule has 0 aliphatic heterocycles. The molecule has 0 spiro atoms. The maximum Gasteiger partial charge on any atom is 0.471 e. The van der Waals surface area contributed by atoms with Crippen LogP contribution >= 0.6 is 0 Å². The van der Waals surface area contributed by atoms with Gasteiger partial charge < -0.3 is 61.4 Å². The number of nitrogens with one attached hydrogen (secondary N) is 4. The number of rotatable bonds is 11. The Morgan fingerprint density at radius 1 is 0.564 bits per heavy atom. The van der Waals surface area contributed by atoms with Crippen LogP contribution in [0, 0.1) is 52.8 Å². The van der Waals surface area contributed by atoms with Gasteiger partial charge in [-0.3, -0.25) is 4.79 Å². The van der Waals surface area contributed by atoms with E-state index in [1.807, 2.05) is 62.3 Å². The van der Waals surface area contributed by atoms with Crippen molar-refractivity contribution < 1.29 is 65.8 Å². The van der Waals surface area contributed by atoms with E-state index >= 15 is 0 Å². The number of hydrogen-bond donors (Lipinski definition) is 7. The monoisotopic (exact) mass is 1110 g/mol. The van der Waals surface area contributed by atoms with Crippen molar-refractivity contribution in [1.82, 2.24) is 31.4 Å². The molecule has 5 rings (SSSR count). The zero-order valence-corrected chi connectivity index (χ0v) is 48.4. The van der Waals surface area contributed by atoms with Gasteiger partial charge in [-0.05, 0) is 209 Å². The summed E-state index contributed by atoms with van der Waals surface area (Å²) in [7, 11) is 0. The molecular formula is C54H93F3N10O11. The first-order valence-corrected chi connectivity index (χ1v) is 27.5. The molecule has 4 fully saturated rings. The summed E-state index contributed by atoms with van der Waals surface area (Å²) in [4.78, 5) is 60.5. The maximum atomic E-state index is 12.5. The summed E-state index contributed by atoms with van der Waals surface area (Å²) in [6.45, 7) is 24.3. The molecule has 4 aliphatic rings. The van der Waals surface area contributed by atoms with Crippen LogP contribution in [-0.2, 0) is 29.9 Å². The highest BCUT2D eigenvalue weighted by molar-refractivity contribution is 5.82. The maximum absolute atomic E-state index is 12.5. The van der Waals surface area contributed by atoms with Gasteiger partial charge in [0.25, 0.3) is 0 Å². The van der Waals surface area contributed by atoms with Crippen LogP contribution in [0.1, 0.15) is 203 Å². The lowest BCUT2D eigenvalue weighted by atomic mass is 9.81. The number of oxime groups is 1. The Labute approximate surface area is 459 Å². The van der Waals surface area contributed by atoms with Crippen molar-refractivity contribution >= 4 is 36.1 Å². The van der Waals surface area contributed by atoms with Gasteiger partial charge in [-0.25, -0.2) is 19.2 Å². The highest BCUT2D eigenvalue weighted by atomic mass is 19.4. The van der Waals surface area contributed by atoms with Crippen molar-refractivity contribution in [3.63, 3.8) is 0 Å². The second-order valence-electron chi connectivity index (χ2n) is 24.9. The average molecular weight is 1120 g/mol. The van der Waals surface area contributed by atoms with Crippen LogP contribution in [0.3, 0.4) is 0 Å². The molecule has 4 aliphatic carbocycles. The number of carbonyl (C=O) groups excluding carboxylic acids is 5. The number of aromatic nitrogens is 2. The molecule has 5 amide bonds. The standard InChI is InChI=1S/C15H22F3N3O3.C13H25N3O3.C13H24N2O3.C13H22N2O2/c1-14(2,3)23-13(22)19-8-9-4-6-10(7-5-9)11-20-12(24-21-11)15(16,17)18;1-13(2,3)19-12(17)15-8-9-4-6-10(7-5-9)11(14)16-18;1-13(2,3)18-12(17)15-8-9-4-6-10(7-5-9)11(14)16;1-13(2,3)17-12(16)15-9-11-6-4-10(8-14)5-7-11/h9-10H,4-8H2,1-3H3,(H,19,22);9-10,18H,4-8H2,1-3H3,(H2,14,16)(H,15,17);9-10H,4-8H2,1-3H3,(H2,14,16)(H,15,17);10-11H,4-7,9H2,1-3H3,(H,15,16). The second kappa shape index (κ2) is 31.7. The smallest absolute Gasteiger partial charge is 0.444 e. The number of halogens is 3. The van der Waals surface area contributed by atoms with Gasteiger partial charge in [0.2, 0.25) is 5.91 Å². The third-order valence-electron chi connectivity index (χ3n) is 13.3. The van der Waals surface area contributed by atoms with Crippen LogP contribution in [0.5, 0.6) is 0 Å². The lowest BCUT2D eigenvalue weighted by molar-refractivity contribution is -0.159. The van der Waals surface area contributed by atoms with E-state index in [0.717, 1.165) is 89.9 Å². The normalized spacial score (nSPS) is 23.9. The first kappa shape index (κ1) is 68.3. The Morgan fingerprint density at radius 2 is 0.872 bits per heavy atom. The first-order chi connectivity index (χ1) is 36.0. The van der Waals surface area contributed by atoms with E-state index in [0.29, 0.717) is 62.6 Å². The van der Waals surface area contributed by atoms with Crippen LogP contribution in [-0.4, -0.2) is 100 Å². The molecule has 0 unspecified atom stereocenters. The Hall–Kier alpha value is -5.76. The summed E-state index contributed by atoms with van der Waals surface area (Å²) >= 11 is 0. The third-order valence-corrected chi connectivity index (χ3v) is 13.3. The molecule has 0 atom stereocenters. The Balaban J connectivity index is 0.000000359. The fraction of sp³-hybridized carbons (Fsp3) is 0.833. The van der Waals surface area contributed by atoms with Crippen molar-refractivity contribution in [3.05, 3.63) is 11.7 Å². The Kier molecular flexibility index (Phi) is 27.8. The second-order valence-corrected chi connectivity index (χ2v) is 24.9. The van der Waals surface area contributed by atoms with Crippen molar-refractivity contribution in [2.75, 3.05) is 26.2 Å². The molecular weight excluding hydrogens is 1020 g/mol. The molecule has 1 heterocycles. The van der Waals surface area contributed by atoms with E-state index in [-0.39, 0.29) is 59.6 Å². The number of primary amides is 1. The van der Waals surface area contributed by atoms with Gasteiger partial charge in [0.15, 0.2) is 5.82 Å². The Bertz CT molecular complexity index is 2060. The lowest BCUT2D eigenvalue weighted by Gasteiger charge is -2.28. The van der Waals surface area contributed by atoms with Gasteiger partial charge in [-0.15, -0.1) is 0 Å². The number of alkyl halides is 3. The molecule has 4 saturated carbocycles. The van der Waals surface area contributed by atoms with Crippen LogP contribution in [0.15, 0.2) is 9.68 Å². The molecule has 0 aromatic carbocycles. The molecule has 0 bridgehead atoms.